The van der Waals surface area contributed by atoms with Gasteiger partial charge in [0.15, 0.2) is 0 Å². The van der Waals surface area contributed by atoms with E-state index in [9.17, 15) is 9.50 Å². The Hall–Kier alpha value is -1.43. The first-order valence-corrected chi connectivity index (χ1v) is 8.85. The molecule has 5 heteroatoms. The molecule has 3 nitrogen and oxygen atoms in total. The molecule has 3 rings (SSSR count). The zero-order chi connectivity index (χ0) is 17.3. The lowest BCUT2D eigenvalue weighted by Gasteiger charge is -2.25. The Morgan fingerprint density at radius 2 is 1.88 bits per heavy atom. The minimum atomic E-state index is -0.168. The molecule has 128 valence electrons. The number of phenols is 1. The molecule has 2 aromatic carbocycles. The Bertz CT molecular complexity index is 685. The Labute approximate surface area is 150 Å². The summed E-state index contributed by atoms with van der Waals surface area (Å²) in [6.07, 6.45) is 0. The van der Waals surface area contributed by atoms with Gasteiger partial charge in [-0.15, -0.1) is 0 Å². The van der Waals surface area contributed by atoms with Gasteiger partial charge in [-0.05, 0) is 43.9 Å². The van der Waals surface area contributed by atoms with Gasteiger partial charge in [-0.2, -0.15) is 0 Å². The Morgan fingerprint density at radius 3 is 2.50 bits per heavy atom. The smallest absolute Gasteiger partial charge is 0.128 e. The fraction of sp³-hybridized carbons (Fsp3) is 0.368. The van der Waals surface area contributed by atoms with Gasteiger partial charge in [0.05, 0.1) is 0 Å². The number of aromatic hydroxyl groups is 1. The van der Waals surface area contributed by atoms with E-state index in [0.29, 0.717) is 24.1 Å². The minimum absolute atomic E-state index is 0.168. The normalized spacial score (nSPS) is 21.5. The number of likely N-dealkylation sites (N-methyl/N-ethyl adjacent to an activating group) is 1. The highest BCUT2D eigenvalue weighted by Crippen LogP contribution is 2.33. The first kappa shape index (κ1) is 17.4. The summed E-state index contributed by atoms with van der Waals surface area (Å²) >= 11 is 3.46. The predicted octanol–water partition coefficient (Wildman–Crippen LogP) is 3.82. The van der Waals surface area contributed by atoms with Crippen LogP contribution in [0, 0.1) is 5.82 Å². The van der Waals surface area contributed by atoms with Gasteiger partial charge in [0.25, 0.3) is 0 Å². The van der Waals surface area contributed by atoms with Crippen LogP contribution in [-0.4, -0.2) is 48.1 Å². The summed E-state index contributed by atoms with van der Waals surface area (Å²) in [7, 11) is 4.17. The molecule has 0 aliphatic carbocycles. The zero-order valence-electron chi connectivity index (χ0n) is 13.9. The van der Waals surface area contributed by atoms with Crippen molar-refractivity contribution in [2.24, 2.45) is 0 Å². The summed E-state index contributed by atoms with van der Waals surface area (Å²) in [5, 5.41) is 9.51. The van der Waals surface area contributed by atoms with Crippen molar-refractivity contribution in [3.05, 3.63) is 63.9 Å². The highest BCUT2D eigenvalue weighted by molar-refractivity contribution is 9.10. The fourth-order valence-electron chi connectivity index (χ4n) is 3.47. The van der Waals surface area contributed by atoms with Crippen molar-refractivity contribution < 1.29 is 9.50 Å². The van der Waals surface area contributed by atoms with Crippen molar-refractivity contribution in [2.75, 3.05) is 27.2 Å². The molecule has 1 saturated heterocycles. The predicted molar refractivity (Wildman–Crippen MR) is 97.7 cm³/mol. The maximum absolute atomic E-state index is 14.1. The zero-order valence-corrected chi connectivity index (χ0v) is 15.5. The molecule has 0 spiro atoms. The average molecular weight is 393 g/mol. The van der Waals surface area contributed by atoms with Crippen LogP contribution >= 0.6 is 15.9 Å². The summed E-state index contributed by atoms with van der Waals surface area (Å²) in [6.45, 7) is 2.35. The summed E-state index contributed by atoms with van der Waals surface area (Å²) < 4.78 is 14.9. The van der Waals surface area contributed by atoms with Crippen molar-refractivity contribution >= 4 is 15.9 Å². The van der Waals surface area contributed by atoms with E-state index in [1.165, 1.54) is 11.6 Å². The highest BCUT2D eigenvalue weighted by Gasteiger charge is 2.35. The van der Waals surface area contributed by atoms with Crippen molar-refractivity contribution in [3.8, 4) is 5.75 Å². The van der Waals surface area contributed by atoms with Gasteiger partial charge in [-0.3, -0.25) is 4.90 Å². The Balaban J connectivity index is 1.81. The number of benzene rings is 2. The molecule has 0 saturated carbocycles. The average Bonchev–Trinajstić information content (AvgIpc) is 2.96. The molecule has 1 heterocycles. The first-order valence-electron chi connectivity index (χ1n) is 8.06. The van der Waals surface area contributed by atoms with Gasteiger partial charge in [-0.25, -0.2) is 4.39 Å². The molecule has 0 aromatic heterocycles. The van der Waals surface area contributed by atoms with Crippen LogP contribution in [0.2, 0.25) is 0 Å². The molecule has 0 unspecified atom stereocenters. The second-order valence-corrected chi connectivity index (χ2v) is 7.48. The third-order valence-corrected chi connectivity index (χ3v) is 5.54. The second-order valence-electron chi connectivity index (χ2n) is 6.62. The van der Waals surface area contributed by atoms with Gasteiger partial charge < -0.3 is 10.0 Å². The molecule has 0 radical (unpaired) electrons. The van der Waals surface area contributed by atoms with Crippen molar-refractivity contribution in [1.29, 1.82) is 0 Å². The summed E-state index contributed by atoms with van der Waals surface area (Å²) in [5.74, 6) is 0.454. The number of phenolic OH excluding ortho intramolecular Hbond substituents is 1. The molecule has 0 amide bonds. The number of hydrogen-bond donors (Lipinski definition) is 1. The molecular formula is C19H22BrFN2O. The lowest BCUT2D eigenvalue weighted by Crippen LogP contribution is -2.34. The standard InChI is InChI=1S/C19H22BrFN2O/c1-22(2)19-12-23(11-16-17(20)4-3-5-18(16)21)10-15(19)13-6-8-14(24)9-7-13/h3-9,15,19,24H,10-12H2,1-2H3/t15-,19+/m1/s1. The van der Waals surface area contributed by atoms with Crippen LogP contribution < -0.4 is 0 Å². The van der Waals surface area contributed by atoms with Gasteiger partial charge in [0.1, 0.15) is 11.6 Å². The molecule has 1 aliphatic heterocycles. The molecule has 1 N–H and O–H groups in total. The summed E-state index contributed by atoms with van der Waals surface area (Å²) in [5.41, 5.74) is 1.92. The summed E-state index contributed by atoms with van der Waals surface area (Å²) in [6, 6.07) is 12.9. The molecule has 1 fully saturated rings. The van der Waals surface area contributed by atoms with Gasteiger partial charge >= 0.3 is 0 Å². The van der Waals surface area contributed by atoms with E-state index in [4.69, 9.17) is 0 Å². The van der Waals surface area contributed by atoms with Crippen LogP contribution in [0.5, 0.6) is 5.75 Å². The monoisotopic (exact) mass is 392 g/mol. The number of nitrogens with zero attached hydrogens (tertiary/aromatic N) is 2. The molecule has 2 aromatic rings. The van der Waals surface area contributed by atoms with Crippen LogP contribution in [0.3, 0.4) is 0 Å². The molecule has 0 bridgehead atoms. The van der Waals surface area contributed by atoms with E-state index in [2.05, 4.69) is 39.8 Å². The maximum Gasteiger partial charge on any atom is 0.128 e. The molecule has 2 atom stereocenters. The number of likely N-dealkylation sites (tertiary alicyclic amines) is 1. The quantitative estimate of drug-likeness (QED) is 0.856. The van der Waals surface area contributed by atoms with E-state index in [1.807, 2.05) is 18.2 Å². The number of rotatable bonds is 4. The van der Waals surface area contributed by atoms with Crippen LogP contribution in [0.1, 0.15) is 17.0 Å². The van der Waals surface area contributed by atoms with Gasteiger partial charge in [0, 0.05) is 41.6 Å². The first-order chi connectivity index (χ1) is 11.5. The Kier molecular flexibility index (Phi) is 5.23. The number of hydrogen-bond acceptors (Lipinski definition) is 3. The van der Waals surface area contributed by atoms with Crippen molar-refractivity contribution in [3.63, 3.8) is 0 Å². The lowest BCUT2D eigenvalue weighted by molar-refractivity contribution is 0.258. The molecule has 1 aliphatic rings. The summed E-state index contributed by atoms with van der Waals surface area (Å²) in [4.78, 5) is 4.53. The minimum Gasteiger partial charge on any atom is -0.508 e. The van der Waals surface area contributed by atoms with Crippen molar-refractivity contribution in [1.82, 2.24) is 9.80 Å². The highest BCUT2D eigenvalue weighted by atomic mass is 79.9. The Morgan fingerprint density at radius 1 is 1.17 bits per heavy atom. The van der Waals surface area contributed by atoms with Crippen LogP contribution in [-0.2, 0) is 6.54 Å². The third-order valence-electron chi connectivity index (χ3n) is 4.79. The van der Waals surface area contributed by atoms with E-state index < -0.39 is 0 Å². The van der Waals surface area contributed by atoms with E-state index in [-0.39, 0.29) is 11.6 Å². The van der Waals surface area contributed by atoms with Crippen molar-refractivity contribution in [2.45, 2.75) is 18.5 Å². The van der Waals surface area contributed by atoms with Gasteiger partial charge in [0.2, 0.25) is 0 Å². The topological polar surface area (TPSA) is 26.7 Å². The fourth-order valence-corrected chi connectivity index (χ4v) is 3.94. The second kappa shape index (κ2) is 7.21. The van der Waals surface area contributed by atoms with Crippen LogP contribution in [0.15, 0.2) is 46.9 Å². The van der Waals surface area contributed by atoms with E-state index in [1.54, 1.807) is 18.2 Å². The van der Waals surface area contributed by atoms with Gasteiger partial charge in [-0.1, -0.05) is 34.1 Å². The van der Waals surface area contributed by atoms with E-state index in [0.717, 1.165) is 17.6 Å². The van der Waals surface area contributed by atoms with Crippen LogP contribution in [0.25, 0.3) is 0 Å². The van der Waals surface area contributed by atoms with Crippen LogP contribution in [0.4, 0.5) is 4.39 Å². The molecular weight excluding hydrogens is 371 g/mol. The van der Waals surface area contributed by atoms with E-state index >= 15 is 0 Å². The third kappa shape index (κ3) is 3.63. The largest absolute Gasteiger partial charge is 0.508 e. The maximum atomic E-state index is 14.1. The lowest BCUT2D eigenvalue weighted by atomic mass is 9.94. The molecule has 24 heavy (non-hydrogen) atoms. The number of halogens is 2. The SMILES string of the molecule is CN(C)[C@H]1CN(Cc2c(F)cccc2Br)C[C@@H]1c1ccc(O)cc1.